The van der Waals surface area contributed by atoms with Crippen molar-refractivity contribution < 1.29 is 32.2 Å². The van der Waals surface area contributed by atoms with E-state index in [1.54, 1.807) is 48.5 Å². The largest absolute Gasteiger partial charge is 0.442 e. The second-order valence-corrected chi connectivity index (χ2v) is 12.1. The van der Waals surface area contributed by atoms with E-state index < -0.39 is 41.3 Å². The minimum absolute atomic E-state index is 0.0657. The molecule has 0 saturated carbocycles. The molecule has 8 nitrogen and oxygen atoms in total. The van der Waals surface area contributed by atoms with Crippen LogP contribution < -0.4 is 5.01 Å². The second-order valence-electron chi connectivity index (χ2n) is 9.67. The Morgan fingerprint density at radius 2 is 1.57 bits per heavy atom. The monoisotopic (exact) mass is 580 g/mol. The van der Waals surface area contributed by atoms with Gasteiger partial charge < -0.3 is 9.47 Å². The van der Waals surface area contributed by atoms with Crippen LogP contribution in [-0.4, -0.2) is 44.4 Å². The summed E-state index contributed by atoms with van der Waals surface area (Å²) < 4.78 is 50.4. The van der Waals surface area contributed by atoms with Crippen LogP contribution in [0.5, 0.6) is 0 Å². The lowest BCUT2D eigenvalue weighted by atomic mass is 10.1. The molecule has 1 unspecified atom stereocenters. The molecule has 0 aromatic carbocycles. The van der Waals surface area contributed by atoms with Gasteiger partial charge in [-0.2, -0.15) is 18.2 Å². The maximum atomic E-state index is 13.3. The number of pyridine rings is 1. The molecule has 0 radical (unpaired) electrons. The van der Waals surface area contributed by atoms with Crippen LogP contribution in [0, 0.1) is 0 Å². The van der Waals surface area contributed by atoms with Gasteiger partial charge in [0.25, 0.3) is 0 Å². The Balaban J connectivity index is 2.49. The number of hydrazine groups is 1. The number of alkyl halides is 3. The Morgan fingerprint density at radius 3 is 2.00 bits per heavy atom. The van der Waals surface area contributed by atoms with E-state index in [2.05, 4.69) is 25.9 Å². The summed E-state index contributed by atoms with van der Waals surface area (Å²) in [7, 11) is 0. The molecule has 2 aromatic rings. The molecule has 35 heavy (non-hydrogen) atoms. The smallest absolute Gasteiger partial charge is 0.436 e. The number of halogens is 4. The van der Waals surface area contributed by atoms with Crippen LogP contribution in [0.3, 0.4) is 0 Å². The highest BCUT2D eigenvalue weighted by molar-refractivity contribution is 9.11. The number of aromatic nitrogens is 2. The number of carbonyl (C=O) groups excluding carboxylic acids is 2. The molecule has 0 saturated heterocycles. The van der Waals surface area contributed by atoms with Crippen LogP contribution in [-0.2, 0) is 22.1 Å². The molecule has 0 bridgehead atoms. The highest BCUT2D eigenvalue weighted by atomic mass is 79.9. The van der Waals surface area contributed by atoms with E-state index in [9.17, 15) is 22.8 Å². The summed E-state index contributed by atoms with van der Waals surface area (Å²) in [5.41, 5.74) is -2.39. The van der Waals surface area contributed by atoms with Gasteiger partial charge in [0.2, 0.25) is 5.13 Å². The normalized spacial score (nSPS) is 13.2. The summed E-state index contributed by atoms with van der Waals surface area (Å²) in [5.74, 6) is 0. The van der Waals surface area contributed by atoms with E-state index in [-0.39, 0.29) is 11.6 Å². The van der Waals surface area contributed by atoms with Crippen molar-refractivity contribution in [1.82, 2.24) is 15.0 Å². The molecular weight excluding hydrogens is 553 g/mol. The number of anilines is 1. The number of carbonyl (C=O) groups is 2. The lowest BCUT2D eigenvalue weighted by Crippen LogP contribution is -2.57. The number of thiazole rings is 1. The van der Waals surface area contributed by atoms with Gasteiger partial charge in [-0.15, -0.1) is 0 Å². The van der Waals surface area contributed by atoms with Crippen LogP contribution in [0.2, 0.25) is 0 Å². The first-order valence-corrected chi connectivity index (χ1v) is 12.2. The van der Waals surface area contributed by atoms with Gasteiger partial charge in [0.1, 0.15) is 16.9 Å². The number of hydrogen-bond donors (Lipinski definition) is 0. The van der Waals surface area contributed by atoms with Gasteiger partial charge in [0.15, 0.2) is 0 Å². The Kier molecular flexibility index (Phi) is 8.80. The molecule has 0 N–H and O–H groups in total. The van der Waals surface area contributed by atoms with Gasteiger partial charge in [-0.25, -0.2) is 19.6 Å². The van der Waals surface area contributed by atoms with Crippen molar-refractivity contribution in [2.24, 2.45) is 0 Å². The minimum atomic E-state index is -4.57. The van der Waals surface area contributed by atoms with Crippen molar-refractivity contribution in [2.75, 3.05) is 5.01 Å². The molecule has 13 heteroatoms. The fourth-order valence-corrected chi connectivity index (χ4v) is 3.99. The minimum Gasteiger partial charge on any atom is -0.442 e. The van der Waals surface area contributed by atoms with Crippen molar-refractivity contribution in [3.63, 3.8) is 0 Å². The zero-order valence-corrected chi connectivity index (χ0v) is 22.8. The molecule has 2 aromatic heterocycles. The van der Waals surface area contributed by atoms with Gasteiger partial charge in [-0.1, -0.05) is 17.4 Å². The third kappa shape index (κ3) is 8.64. The average Bonchev–Trinajstić information content (AvgIpc) is 3.08. The molecule has 1 atom stereocenters. The number of ether oxygens (including phenoxy) is 2. The number of hydrogen-bond acceptors (Lipinski definition) is 7. The van der Waals surface area contributed by atoms with Crippen molar-refractivity contribution in [3.8, 4) is 0 Å². The SMILES string of the molecule is CC(Cc1ccc(C(F)(F)F)nc1)N(C(=O)OC(C)(C)C)N(C(=O)OC(C)(C)C)c1ncc(Br)s1. The van der Waals surface area contributed by atoms with Crippen LogP contribution in [0.4, 0.5) is 27.9 Å². The summed E-state index contributed by atoms with van der Waals surface area (Å²) in [6, 6.07) is 1.37. The van der Waals surface area contributed by atoms with Crippen molar-refractivity contribution in [2.45, 2.75) is 78.3 Å². The van der Waals surface area contributed by atoms with Crippen molar-refractivity contribution in [1.29, 1.82) is 0 Å². The molecule has 0 aliphatic rings. The molecule has 0 spiro atoms. The predicted octanol–water partition coefficient (Wildman–Crippen LogP) is 6.84. The van der Waals surface area contributed by atoms with Crippen LogP contribution in [0.1, 0.15) is 59.7 Å². The number of rotatable bonds is 4. The molecule has 2 heterocycles. The standard InChI is InChI=1S/C22H28BrF3N4O4S/c1-13(10-14-8-9-15(27-11-14)22(24,25)26)29(18(31)33-20(2,3)4)30(17-28-12-16(23)35-17)19(32)34-21(5,6)7/h8-9,11-13H,10H2,1-7H3. The number of nitrogens with zero attached hydrogens (tertiary/aromatic N) is 4. The lowest BCUT2D eigenvalue weighted by molar-refractivity contribution is -0.141. The van der Waals surface area contributed by atoms with Gasteiger partial charge >= 0.3 is 18.4 Å². The van der Waals surface area contributed by atoms with E-state index in [0.717, 1.165) is 33.6 Å². The van der Waals surface area contributed by atoms with Crippen molar-refractivity contribution >= 4 is 44.6 Å². The number of amides is 2. The molecule has 0 aliphatic carbocycles. The van der Waals surface area contributed by atoms with E-state index in [4.69, 9.17) is 9.47 Å². The van der Waals surface area contributed by atoms with Crippen LogP contribution in [0.25, 0.3) is 0 Å². The lowest BCUT2D eigenvalue weighted by Gasteiger charge is -2.38. The topological polar surface area (TPSA) is 84.9 Å². The maximum Gasteiger partial charge on any atom is 0.436 e. The highest BCUT2D eigenvalue weighted by Crippen LogP contribution is 2.32. The maximum absolute atomic E-state index is 13.3. The van der Waals surface area contributed by atoms with Gasteiger partial charge in [0.05, 0.1) is 16.0 Å². The summed E-state index contributed by atoms with van der Waals surface area (Å²) >= 11 is 4.39. The summed E-state index contributed by atoms with van der Waals surface area (Å²) in [4.78, 5) is 34.3. The van der Waals surface area contributed by atoms with Gasteiger partial charge in [0, 0.05) is 6.20 Å². The first-order valence-electron chi connectivity index (χ1n) is 10.6. The van der Waals surface area contributed by atoms with Gasteiger partial charge in [-0.3, -0.25) is 4.98 Å². The quantitative estimate of drug-likeness (QED) is 0.368. The highest BCUT2D eigenvalue weighted by Gasteiger charge is 2.39. The fourth-order valence-electron chi connectivity index (χ4n) is 2.82. The second kappa shape index (κ2) is 10.7. The Morgan fingerprint density at radius 1 is 1.00 bits per heavy atom. The average molecular weight is 581 g/mol. The van der Waals surface area contributed by atoms with Crippen LogP contribution >= 0.6 is 27.3 Å². The molecule has 2 amide bonds. The first kappa shape index (κ1) is 28.8. The van der Waals surface area contributed by atoms with E-state index in [1.807, 2.05) is 0 Å². The van der Waals surface area contributed by atoms with Crippen molar-refractivity contribution in [3.05, 3.63) is 39.6 Å². The van der Waals surface area contributed by atoms with Gasteiger partial charge in [-0.05, 0) is 82.4 Å². The molecular formula is C22H28BrF3N4O4S. The van der Waals surface area contributed by atoms with E-state index in [1.165, 1.54) is 12.3 Å². The molecule has 0 fully saturated rings. The third-order valence-electron chi connectivity index (χ3n) is 4.07. The Hall–Kier alpha value is -2.41. The molecule has 0 aliphatic heterocycles. The first-order chi connectivity index (χ1) is 15.9. The predicted molar refractivity (Wildman–Crippen MR) is 129 cm³/mol. The summed E-state index contributed by atoms with van der Waals surface area (Å²) in [5, 5.41) is 2.17. The summed E-state index contributed by atoms with van der Waals surface area (Å²) in [6.45, 7) is 11.7. The molecule has 2 rings (SSSR count). The fraction of sp³-hybridized carbons (Fsp3) is 0.545. The zero-order chi connectivity index (χ0) is 26.8. The zero-order valence-electron chi connectivity index (χ0n) is 20.4. The van der Waals surface area contributed by atoms with E-state index >= 15 is 0 Å². The third-order valence-corrected chi connectivity index (χ3v) is 5.52. The summed E-state index contributed by atoms with van der Waals surface area (Å²) in [6.07, 6.45) is -3.68. The Bertz CT molecular complexity index is 1030. The Labute approximate surface area is 214 Å². The van der Waals surface area contributed by atoms with Crippen LogP contribution in [0.15, 0.2) is 28.3 Å². The molecule has 194 valence electrons. The van der Waals surface area contributed by atoms with E-state index in [0.29, 0.717) is 9.35 Å².